The zero-order valence-corrected chi connectivity index (χ0v) is 17.7. The van der Waals surface area contributed by atoms with Gasteiger partial charge in [0.2, 0.25) is 11.8 Å². The van der Waals surface area contributed by atoms with E-state index in [1.807, 2.05) is 9.80 Å². The van der Waals surface area contributed by atoms with Gasteiger partial charge in [0.1, 0.15) is 5.82 Å². The molecule has 30 heavy (non-hydrogen) atoms. The van der Waals surface area contributed by atoms with Crippen LogP contribution in [0.2, 0.25) is 0 Å². The SMILES string of the molecule is CCC(=O)Nc1ccc(N2CCCC3(CCN([C@H]4CC[C@H](O)CC4)C3=O)C2)c(F)c1. The predicted molar refractivity (Wildman–Crippen MR) is 114 cm³/mol. The molecule has 3 fully saturated rings. The molecule has 1 aromatic rings. The molecule has 2 saturated heterocycles. The summed E-state index contributed by atoms with van der Waals surface area (Å²) in [6.45, 7) is 3.78. The van der Waals surface area contributed by atoms with Crippen molar-refractivity contribution >= 4 is 23.2 Å². The highest BCUT2D eigenvalue weighted by molar-refractivity contribution is 5.90. The van der Waals surface area contributed by atoms with Crippen LogP contribution in [0.1, 0.15) is 58.3 Å². The van der Waals surface area contributed by atoms with E-state index in [0.29, 0.717) is 24.3 Å². The number of rotatable bonds is 4. The zero-order valence-electron chi connectivity index (χ0n) is 17.7. The van der Waals surface area contributed by atoms with Crippen LogP contribution in [-0.2, 0) is 9.59 Å². The molecule has 1 unspecified atom stereocenters. The second-order valence-corrected chi connectivity index (χ2v) is 9.08. The summed E-state index contributed by atoms with van der Waals surface area (Å²) in [5.41, 5.74) is 0.517. The fourth-order valence-electron chi connectivity index (χ4n) is 5.37. The van der Waals surface area contributed by atoms with Crippen molar-refractivity contribution < 1.29 is 19.1 Å². The Labute approximate surface area is 177 Å². The van der Waals surface area contributed by atoms with E-state index in [-0.39, 0.29) is 29.8 Å². The topological polar surface area (TPSA) is 72.9 Å². The highest BCUT2D eigenvalue weighted by Crippen LogP contribution is 2.43. The van der Waals surface area contributed by atoms with Crippen LogP contribution in [0.25, 0.3) is 0 Å². The average Bonchev–Trinajstić information content (AvgIpc) is 3.04. The van der Waals surface area contributed by atoms with Crippen LogP contribution in [-0.4, -0.2) is 53.6 Å². The van der Waals surface area contributed by atoms with E-state index in [4.69, 9.17) is 0 Å². The number of carbonyl (C=O) groups is 2. The zero-order chi connectivity index (χ0) is 21.3. The summed E-state index contributed by atoms with van der Waals surface area (Å²) < 4.78 is 14.9. The number of aliphatic hydroxyl groups is 1. The van der Waals surface area contributed by atoms with Gasteiger partial charge >= 0.3 is 0 Å². The number of piperidine rings is 1. The second-order valence-electron chi connectivity index (χ2n) is 9.08. The summed E-state index contributed by atoms with van der Waals surface area (Å²) in [7, 11) is 0. The molecule has 7 heteroatoms. The number of likely N-dealkylation sites (tertiary alicyclic amines) is 1. The molecule has 1 spiro atoms. The summed E-state index contributed by atoms with van der Waals surface area (Å²) in [5, 5.41) is 12.5. The molecule has 1 aromatic carbocycles. The Balaban J connectivity index is 1.47. The minimum atomic E-state index is -0.435. The Kier molecular flexibility index (Phi) is 6.00. The van der Waals surface area contributed by atoms with Gasteiger partial charge in [-0.15, -0.1) is 0 Å². The molecule has 1 aliphatic carbocycles. The number of carbonyl (C=O) groups excluding carboxylic acids is 2. The number of nitrogens with zero attached hydrogens (tertiary/aromatic N) is 2. The van der Waals surface area contributed by atoms with Crippen LogP contribution in [0.15, 0.2) is 18.2 Å². The van der Waals surface area contributed by atoms with E-state index in [2.05, 4.69) is 5.32 Å². The Morgan fingerprint density at radius 1 is 1.23 bits per heavy atom. The quantitative estimate of drug-likeness (QED) is 0.789. The Morgan fingerprint density at radius 3 is 2.70 bits per heavy atom. The van der Waals surface area contributed by atoms with Gasteiger partial charge in [-0.25, -0.2) is 4.39 Å². The van der Waals surface area contributed by atoms with Crippen molar-refractivity contribution in [2.24, 2.45) is 5.41 Å². The molecular weight excluding hydrogens is 385 g/mol. The molecule has 3 aliphatic rings. The van der Waals surface area contributed by atoms with Gasteiger partial charge in [0, 0.05) is 37.8 Å². The number of amides is 2. The molecule has 1 atom stereocenters. The molecule has 2 amide bonds. The minimum absolute atomic E-state index is 0.147. The maximum Gasteiger partial charge on any atom is 0.230 e. The highest BCUT2D eigenvalue weighted by atomic mass is 19.1. The second kappa shape index (κ2) is 8.53. The molecule has 2 heterocycles. The van der Waals surface area contributed by atoms with Crippen molar-refractivity contribution in [2.45, 2.75) is 70.4 Å². The Morgan fingerprint density at radius 2 is 2.00 bits per heavy atom. The summed E-state index contributed by atoms with van der Waals surface area (Å²) in [6.07, 6.45) is 5.89. The third kappa shape index (κ3) is 4.04. The van der Waals surface area contributed by atoms with Gasteiger partial charge in [0.15, 0.2) is 0 Å². The van der Waals surface area contributed by atoms with Gasteiger partial charge in [-0.1, -0.05) is 6.92 Å². The maximum atomic E-state index is 14.9. The first-order valence-electron chi connectivity index (χ1n) is 11.3. The average molecular weight is 418 g/mol. The molecule has 164 valence electrons. The van der Waals surface area contributed by atoms with Gasteiger partial charge in [-0.3, -0.25) is 9.59 Å². The molecule has 2 N–H and O–H groups in total. The lowest BCUT2D eigenvalue weighted by atomic mass is 9.78. The maximum absolute atomic E-state index is 14.9. The van der Waals surface area contributed by atoms with Crippen LogP contribution in [0.5, 0.6) is 0 Å². The van der Waals surface area contributed by atoms with Gasteiger partial charge < -0.3 is 20.2 Å². The van der Waals surface area contributed by atoms with E-state index >= 15 is 0 Å². The molecule has 0 bridgehead atoms. The van der Waals surface area contributed by atoms with Crippen LogP contribution < -0.4 is 10.2 Å². The number of hydrogen-bond donors (Lipinski definition) is 2. The number of hydrogen-bond acceptors (Lipinski definition) is 4. The molecule has 1 saturated carbocycles. The Hall–Kier alpha value is -2.15. The molecule has 4 rings (SSSR count). The molecule has 0 radical (unpaired) electrons. The van der Waals surface area contributed by atoms with E-state index in [9.17, 15) is 19.1 Å². The molecule has 2 aliphatic heterocycles. The van der Waals surface area contributed by atoms with Crippen molar-refractivity contribution in [3.63, 3.8) is 0 Å². The fraction of sp³-hybridized carbons (Fsp3) is 0.652. The third-order valence-electron chi connectivity index (χ3n) is 7.12. The first-order chi connectivity index (χ1) is 14.4. The van der Waals surface area contributed by atoms with Gasteiger partial charge in [0.05, 0.1) is 17.2 Å². The standard InChI is InChI=1S/C23H32FN3O3/c1-2-21(29)25-16-4-9-20(19(24)14-16)26-12-3-10-23(15-26)11-13-27(22(23)30)17-5-7-18(28)8-6-17/h4,9,14,17-18,28H,2-3,5-8,10-13,15H2,1H3,(H,25,29)/t17-,18-,23?. The smallest absolute Gasteiger partial charge is 0.230 e. The number of benzene rings is 1. The normalized spacial score (nSPS) is 29.5. The van der Waals surface area contributed by atoms with Crippen molar-refractivity contribution in [3.05, 3.63) is 24.0 Å². The number of halogens is 1. The predicted octanol–water partition coefficient (Wildman–Crippen LogP) is 3.30. The molecule has 0 aromatic heterocycles. The number of anilines is 2. The summed E-state index contributed by atoms with van der Waals surface area (Å²) >= 11 is 0. The lowest BCUT2D eigenvalue weighted by molar-refractivity contribution is -0.139. The third-order valence-corrected chi connectivity index (χ3v) is 7.12. The van der Waals surface area contributed by atoms with E-state index in [0.717, 1.165) is 58.0 Å². The first-order valence-corrected chi connectivity index (χ1v) is 11.3. The lowest BCUT2D eigenvalue weighted by Crippen LogP contribution is -2.50. The van der Waals surface area contributed by atoms with Gasteiger partial charge in [-0.05, 0) is 63.1 Å². The van der Waals surface area contributed by atoms with E-state index in [1.165, 1.54) is 6.07 Å². The van der Waals surface area contributed by atoms with Crippen LogP contribution in [0, 0.1) is 11.2 Å². The summed E-state index contributed by atoms with van der Waals surface area (Å²) in [6, 6.07) is 5.03. The van der Waals surface area contributed by atoms with Crippen molar-refractivity contribution in [1.29, 1.82) is 0 Å². The van der Waals surface area contributed by atoms with Crippen molar-refractivity contribution in [3.8, 4) is 0 Å². The van der Waals surface area contributed by atoms with Crippen LogP contribution in [0.4, 0.5) is 15.8 Å². The minimum Gasteiger partial charge on any atom is -0.393 e. The van der Waals surface area contributed by atoms with E-state index in [1.54, 1.807) is 19.1 Å². The largest absolute Gasteiger partial charge is 0.393 e. The number of aliphatic hydroxyl groups excluding tert-OH is 1. The van der Waals surface area contributed by atoms with Crippen LogP contribution >= 0.6 is 0 Å². The summed E-state index contributed by atoms with van der Waals surface area (Å²) in [5.74, 6) is -0.309. The summed E-state index contributed by atoms with van der Waals surface area (Å²) in [4.78, 5) is 29.0. The highest BCUT2D eigenvalue weighted by Gasteiger charge is 2.50. The Bertz CT molecular complexity index is 809. The fourth-order valence-corrected chi connectivity index (χ4v) is 5.37. The van der Waals surface area contributed by atoms with Crippen molar-refractivity contribution in [2.75, 3.05) is 29.9 Å². The first kappa shape index (κ1) is 21.1. The number of nitrogens with one attached hydrogen (secondary N) is 1. The van der Waals surface area contributed by atoms with Gasteiger partial charge in [0.25, 0.3) is 0 Å². The lowest BCUT2D eigenvalue weighted by Gasteiger charge is -2.41. The monoisotopic (exact) mass is 417 g/mol. The van der Waals surface area contributed by atoms with Gasteiger partial charge in [-0.2, -0.15) is 0 Å². The molecule has 6 nitrogen and oxygen atoms in total. The van der Waals surface area contributed by atoms with Crippen molar-refractivity contribution in [1.82, 2.24) is 4.90 Å². The van der Waals surface area contributed by atoms with Crippen LogP contribution in [0.3, 0.4) is 0 Å². The van der Waals surface area contributed by atoms with E-state index < -0.39 is 5.41 Å². The molecular formula is C23H32FN3O3.